The van der Waals surface area contributed by atoms with Crippen LogP contribution in [0.2, 0.25) is 0 Å². The number of hydrogen-bond donors (Lipinski definition) is 1. The van der Waals surface area contributed by atoms with Crippen LogP contribution in [0.3, 0.4) is 0 Å². The Labute approximate surface area is 149 Å². The molecule has 0 saturated heterocycles. The Kier molecular flexibility index (Phi) is 3.69. The fourth-order valence-corrected chi connectivity index (χ4v) is 8.99. The molecular formula is C23H38O. The molecule has 5 saturated carbocycles. The molecule has 0 aliphatic heterocycles. The Morgan fingerprint density at radius 3 is 2.38 bits per heavy atom. The van der Waals surface area contributed by atoms with Gasteiger partial charge in [0.2, 0.25) is 0 Å². The van der Waals surface area contributed by atoms with Crippen LogP contribution < -0.4 is 0 Å². The highest BCUT2D eigenvalue weighted by Crippen LogP contribution is 2.71. The molecule has 5 fully saturated rings. The molecule has 24 heavy (non-hydrogen) atoms. The van der Waals surface area contributed by atoms with Gasteiger partial charge >= 0.3 is 0 Å². The lowest BCUT2D eigenvalue weighted by Gasteiger charge is -2.50. The summed E-state index contributed by atoms with van der Waals surface area (Å²) >= 11 is 0. The monoisotopic (exact) mass is 330 g/mol. The number of rotatable bonds is 3. The van der Waals surface area contributed by atoms with E-state index in [9.17, 15) is 5.11 Å². The van der Waals surface area contributed by atoms with Crippen LogP contribution in [0.25, 0.3) is 0 Å². The fourth-order valence-electron chi connectivity index (χ4n) is 8.99. The first-order chi connectivity index (χ1) is 11.5. The molecular weight excluding hydrogens is 292 g/mol. The summed E-state index contributed by atoms with van der Waals surface area (Å²) in [5, 5.41) is 9.89. The Morgan fingerprint density at radius 1 is 0.917 bits per heavy atom. The highest BCUT2D eigenvalue weighted by molar-refractivity contribution is 5.13. The summed E-state index contributed by atoms with van der Waals surface area (Å²) in [6, 6.07) is 0. The van der Waals surface area contributed by atoms with Crippen molar-refractivity contribution in [1.82, 2.24) is 0 Å². The maximum atomic E-state index is 9.89. The molecule has 1 heteroatoms. The van der Waals surface area contributed by atoms with Gasteiger partial charge in [-0.05, 0) is 110 Å². The zero-order valence-electron chi connectivity index (χ0n) is 16.1. The van der Waals surface area contributed by atoms with Crippen molar-refractivity contribution < 1.29 is 5.11 Å². The van der Waals surface area contributed by atoms with Crippen molar-refractivity contribution in [1.29, 1.82) is 0 Å². The highest BCUT2D eigenvalue weighted by Gasteiger charge is 2.64. The second kappa shape index (κ2) is 5.48. The molecule has 5 aliphatic rings. The Hall–Kier alpha value is -0.0400. The standard InChI is InChI=1S/C23H38O/c1-13-4-7-16-17-8-9-23(3)21(14(2)12-24)11-19(15-5-6-15)22(23)20(17)10-18(13)16/h13-22,24H,4-12H2,1-3H3/t13-,14?,16?,17?,18?,19-,20?,21+,22?,23+/m0/s1. The lowest BCUT2D eigenvalue weighted by molar-refractivity contribution is -0.0220. The van der Waals surface area contributed by atoms with Crippen molar-refractivity contribution in [3.63, 3.8) is 0 Å². The zero-order valence-corrected chi connectivity index (χ0v) is 16.1. The van der Waals surface area contributed by atoms with E-state index in [4.69, 9.17) is 0 Å². The van der Waals surface area contributed by atoms with Gasteiger partial charge in [0.1, 0.15) is 0 Å². The molecule has 5 rings (SSSR count). The van der Waals surface area contributed by atoms with Crippen molar-refractivity contribution in [2.45, 2.75) is 72.1 Å². The average Bonchev–Trinajstić information content (AvgIpc) is 3.15. The van der Waals surface area contributed by atoms with Crippen LogP contribution in [0, 0.1) is 64.6 Å². The Balaban J connectivity index is 1.48. The largest absolute Gasteiger partial charge is 0.396 e. The van der Waals surface area contributed by atoms with Crippen LogP contribution in [0.5, 0.6) is 0 Å². The van der Waals surface area contributed by atoms with Crippen LogP contribution in [-0.2, 0) is 0 Å². The van der Waals surface area contributed by atoms with Gasteiger partial charge < -0.3 is 5.11 Å². The fraction of sp³-hybridized carbons (Fsp3) is 1.00. The minimum Gasteiger partial charge on any atom is -0.396 e. The van der Waals surface area contributed by atoms with Crippen molar-refractivity contribution in [2.24, 2.45) is 64.6 Å². The molecule has 0 amide bonds. The van der Waals surface area contributed by atoms with Crippen LogP contribution in [-0.4, -0.2) is 11.7 Å². The third-order valence-electron chi connectivity index (χ3n) is 10.2. The van der Waals surface area contributed by atoms with E-state index >= 15 is 0 Å². The van der Waals surface area contributed by atoms with Crippen molar-refractivity contribution >= 4 is 0 Å². The van der Waals surface area contributed by atoms with Gasteiger partial charge in [0.15, 0.2) is 0 Å². The maximum absolute atomic E-state index is 9.89. The van der Waals surface area contributed by atoms with Gasteiger partial charge in [-0.25, -0.2) is 0 Å². The molecule has 0 bridgehead atoms. The molecule has 0 spiro atoms. The van der Waals surface area contributed by atoms with E-state index in [-0.39, 0.29) is 0 Å². The maximum Gasteiger partial charge on any atom is 0.0459 e. The number of fused-ring (bicyclic) bond motifs is 5. The lowest BCUT2D eigenvalue weighted by atomic mass is 9.55. The lowest BCUT2D eigenvalue weighted by Crippen LogP contribution is -2.44. The molecule has 1 nitrogen and oxygen atoms in total. The normalized spacial score (nSPS) is 57.5. The molecule has 0 radical (unpaired) electrons. The summed E-state index contributed by atoms with van der Waals surface area (Å²) in [5.41, 5.74) is 0.540. The van der Waals surface area contributed by atoms with Crippen LogP contribution in [0.15, 0.2) is 0 Å². The van der Waals surface area contributed by atoms with E-state index in [1.165, 1.54) is 38.5 Å². The Morgan fingerprint density at radius 2 is 1.67 bits per heavy atom. The summed E-state index contributed by atoms with van der Waals surface area (Å²) in [6.07, 6.45) is 12.1. The van der Waals surface area contributed by atoms with E-state index in [2.05, 4.69) is 20.8 Å². The number of aliphatic hydroxyl groups is 1. The second-order valence-corrected chi connectivity index (χ2v) is 11.0. The van der Waals surface area contributed by atoms with Crippen LogP contribution in [0.4, 0.5) is 0 Å². The van der Waals surface area contributed by atoms with Crippen molar-refractivity contribution in [3.8, 4) is 0 Å². The molecule has 10 atom stereocenters. The topological polar surface area (TPSA) is 20.2 Å². The minimum atomic E-state index is 0.404. The molecule has 0 aromatic rings. The molecule has 5 aliphatic carbocycles. The predicted molar refractivity (Wildman–Crippen MR) is 98.4 cm³/mol. The van der Waals surface area contributed by atoms with E-state index in [0.717, 1.165) is 53.3 Å². The van der Waals surface area contributed by atoms with Gasteiger partial charge in [-0.1, -0.05) is 27.2 Å². The first-order valence-corrected chi connectivity index (χ1v) is 11.2. The summed E-state index contributed by atoms with van der Waals surface area (Å²) in [7, 11) is 0. The SMILES string of the molecule is CC(CO)[C@H]1C[C@@H](C2CC2)C2C3CC4C(CC[C@@H]4C)C3CC[C@@]21C. The molecule has 6 unspecified atom stereocenters. The highest BCUT2D eigenvalue weighted by atomic mass is 16.3. The summed E-state index contributed by atoms with van der Waals surface area (Å²) in [4.78, 5) is 0. The smallest absolute Gasteiger partial charge is 0.0459 e. The van der Waals surface area contributed by atoms with Gasteiger partial charge in [0, 0.05) is 6.61 Å². The third kappa shape index (κ3) is 2.09. The van der Waals surface area contributed by atoms with Gasteiger partial charge in [-0.15, -0.1) is 0 Å². The predicted octanol–water partition coefficient (Wildman–Crippen LogP) is 5.38. The zero-order chi connectivity index (χ0) is 16.6. The van der Waals surface area contributed by atoms with E-state index in [0.29, 0.717) is 17.9 Å². The third-order valence-corrected chi connectivity index (χ3v) is 10.2. The number of aliphatic hydroxyl groups excluding tert-OH is 1. The van der Waals surface area contributed by atoms with Crippen LogP contribution in [0.1, 0.15) is 72.1 Å². The van der Waals surface area contributed by atoms with Crippen molar-refractivity contribution in [3.05, 3.63) is 0 Å². The van der Waals surface area contributed by atoms with Gasteiger partial charge in [0.25, 0.3) is 0 Å². The van der Waals surface area contributed by atoms with E-state index in [1.807, 2.05) is 0 Å². The van der Waals surface area contributed by atoms with E-state index in [1.54, 1.807) is 12.8 Å². The van der Waals surface area contributed by atoms with Gasteiger partial charge in [0.05, 0.1) is 0 Å². The second-order valence-electron chi connectivity index (χ2n) is 11.0. The summed E-state index contributed by atoms with van der Waals surface area (Å²) in [6.45, 7) is 7.94. The molecule has 0 aromatic carbocycles. The molecule has 0 heterocycles. The first-order valence-electron chi connectivity index (χ1n) is 11.2. The molecule has 0 aromatic heterocycles. The summed E-state index contributed by atoms with van der Waals surface area (Å²) < 4.78 is 0. The minimum absolute atomic E-state index is 0.404. The van der Waals surface area contributed by atoms with Crippen molar-refractivity contribution in [2.75, 3.05) is 6.61 Å². The first kappa shape index (κ1) is 16.2. The molecule has 1 N–H and O–H groups in total. The molecule has 136 valence electrons. The van der Waals surface area contributed by atoms with Crippen LogP contribution >= 0.6 is 0 Å². The number of hydrogen-bond acceptors (Lipinski definition) is 1. The van der Waals surface area contributed by atoms with Gasteiger partial charge in [-0.2, -0.15) is 0 Å². The van der Waals surface area contributed by atoms with E-state index < -0.39 is 0 Å². The average molecular weight is 331 g/mol. The summed E-state index contributed by atoms with van der Waals surface area (Å²) in [5.74, 6) is 9.64. The van der Waals surface area contributed by atoms with Gasteiger partial charge in [-0.3, -0.25) is 0 Å². The Bertz CT molecular complexity index is 496. The quantitative estimate of drug-likeness (QED) is 0.737.